The molecule has 1 N–H and O–H groups in total. The van der Waals surface area contributed by atoms with Gasteiger partial charge in [0.25, 0.3) is 0 Å². The molecule has 0 amide bonds. The van der Waals surface area contributed by atoms with E-state index in [0.717, 1.165) is 0 Å². The number of rotatable bonds is 0. The summed E-state index contributed by atoms with van der Waals surface area (Å²) in [5.41, 5.74) is 2.81. The lowest BCUT2D eigenvalue weighted by Gasteiger charge is -2.20. The van der Waals surface area contributed by atoms with Crippen molar-refractivity contribution in [3.8, 4) is 0 Å². The molecule has 3 rings (SSSR count). The molecule has 0 saturated carbocycles. The van der Waals surface area contributed by atoms with E-state index in [2.05, 4.69) is 41.7 Å². The zero-order chi connectivity index (χ0) is 8.67. The Balaban J connectivity index is 2.09. The van der Waals surface area contributed by atoms with E-state index in [1.54, 1.807) is 0 Å². The third-order valence-electron chi connectivity index (χ3n) is 3.08. The van der Waals surface area contributed by atoms with Crippen molar-refractivity contribution in [3.63, 3.8) is 0 Å². The molecule has 13 heavy (non-hydrogen) atoms. The van der Waals surface area contributed by atoms with Crippen molar-refractivity contribution in [2.75, 3.05) is 5.32 Å². The molecule has 1 aliphatic carbocycles. The maximum atomic E-state index is 3.59. The fourth-order valence-corrected chi connectivity index (χ4v) is 2.43. The molecule has 0 aromatic heterocycles. The number of fused-ring (bicyclic) bond motifs is 3. The zero-order valence-electron chi connectivity index (χ0n) is 7.53. The van der Waals surface area contributed by atoms with Gasteiger partial charge < -0.3 is 5.32 Å². The lowest BCUT2D eigenvalue weighted by atomic mass is 9.88. The second kappa shape index (κ2) is 2.63. The fourth-order valence-electron chi connectivity index (χ4n) is 2.43. The Morgan fingerprint density at radius 3 is 3.15 bits per heavy atom. The van der Waals surface area contributed by atoms with Crippen molar-refractivity contribution in [2.24, 2.45) is 0 Å². The van der Waals surface area contributed by atoms with Crippen LogP contribution in [0.15, 0.2) is 36.4 Å². The summed E-state index contributed by atoms with van der Waals surface area (Å²) in [4.78, 5) is 0. The van der Waals surface area contributed by atoms with E-state index < -0.39 is 0 Å². The van der Waals surface area contributed by atoms with E-state index in [4.69, 9.17) is 0 Å². The first-order valence-electron chi connectivity index (χ1n) is 4.97. The summed E-state index contributed by atoms with van der Waals surface area (Å²) in [5, 5.41) is 3.59. The van der Waals surface area contributed by atoms with Crippen LogP contribution in [0.25, 0.3) is 0 Å². The first-order valence-corrected chi connectivity index (χ1v) is 4.97. The first-order chi connectivity index (χ1) is 6.45. The van der Waals surface area contributed by atoms with Crippen LogP contribution in [0.5, 0.6) is 0 Å². The number of para-hydroxylation sites is 1. The number of nitrogens with one attached hydrogen (secondary N) is 1. The van der Waals surface area contributed by atoms with Gasteiger partial charge >= 0.3 is 0 Å². The van der Waals surface area contributed by atoms with Crippen LogP contribution in [0.4, 0.5) is 5.69 Å². The highest BCUT2D eigenvalue weighted by Gasteiger charge is 2.30. The van der Waals surface area contributed by atoms with E-state index in [9.17, 15) is 0 Å². The predicted molar refractivity (Wildman–Crippen MR) is 55.0 cm³/mol. The SMILES string of the molecule is C1=C[C@@H]2c3ccccc3N[C@H]2CC1. The summed E-state index contributed by atoms with van der Waals surface area (Å²) >= 11 is 0. The maximum Gasteiger partial charge on any atom is 0.0382 e. The van der Waals surface area contributed by atoms with Crippen LogP contribution in [0, 0.1) is 0 Å². The quantitative estimate of drug-likeness (QED) is 0.592. The zero-order valence-corrected chi connectivity index (χ0v) is 7.53. The highest BCUT2D eigenvalue weighted by Crippen LogP contribution is 2.40. The van der Waals surface area contributed by atoms with Crippen LogP contribution in [0.2, 0.25) is 0 Å². The molecule has 2 atom stereocenters. The van der Waals surface area contributed by atoms with Crippen LogP contribution in [0.3, 0.4) is 0 Å². The van der Waals surface area contributed by atoms with Crippen molar-refractivity contribution in [1.82, 2.24) is 0 Å². The third kappa shape index (κ3) is 0.998. The minimum Gasteiger partial charge on any atom is -0.381 e. The Morgan fingerprint density at radius 1 is 1.23 bits per heavy atom. The lowest BCUT2D eigenvalue weighted by Crippen LogP contribution is -2.21. The molecular formula is C12H13N. The Hall–Kier alpha value is -1.24. The van der Waals surface area contributed by atoms with Gasteiger partial charge in [-0.3, -0.25) is 0 Å². The van der Waals surface area contributed by atoms with Crippen LogP contribution in [0.1, 0.15) is 24.3 Å². The minimum absolute atomic E-state index is 0.630. The number of anilines is 1. The van der Waals surface area contributed by atoms with E-state index in [1.165, 1.54) is 24.1 Å². The second-order valence-electron chi connectivity index (χ2n) is 3.87. The van der Waals surface area contributed by atoms with Crippen molar-refractivity contribution in [1.29, 1.82) is 0 Å². The van der Waals surface area contributed by atoms with Crippen molar-refractivity contribution < 1.29 is 0 Å². The minimum atomic E-state index is 0.630. The van der Waals surface area contributed by atoms with Crippen LogP contribution >= 0.6 is 0 Å². The van der Waals surface area contributed by atoms with Gasteiger partial charge in [-0.25, -0.2) is 0 Å². The smallest absolute Gasteiger partial charge is 0.0382 e. The average molecular weight is 171 g/mol. The Morgan fingerprint density at radius 2 is 2.15 bits per heavy atom. The van der Waals surface area contributed by atoms with Gasteiger partial charge in [-0.05, 0) is 24.5 Å². The molecule has 1 aromatic rings. The molecule has 0 unspecified atom stereocenters. The molecule has 0 spiro atoms. The molecule has 66 valence electrons. The molecule has 0 radical (unpaired) electrons. The van der Waals surface area contributed by atoms with Gasteiger partial charge in [0.15, 0.2) is 0 Å². The highest BCUT2D eigenvalue weighted by molar-refractivity contribution is 5.61. The van der Waals surface area contributed by atoms with E-state index >= 15 is 0 Å². The van der Waals surface area contributed by atoms with Crippen molar-refractivity contribution in [3.05, 3.63) is 42.0 Å². The van der Waals surface area contributed by atoms with Gasteiger partial charge in [0.2, 0.25) is 0 Å². The summed E-state index contributed by atoms with van der Waals surface area (Å²) in [6.45, 7) is 0. The Bertz CT molecular complexity index is 354. The molecule has 0 fully saturated rings. The molecule has 1 aliphatic heterocycles. The van der Waals surface area contributed by atoms with Gasteiger partial charge in [0.1, 0.15) is 0 Å². The normalized spacial score (nSPS) is 29.2. The molecule has 0 bridgehead atoms. The third-order valence-corrected chi connectivity index (χ3v) is 3.08. The summed E-state index contributed by atoms with van der Waals surface area (Å²) in [7, 11) is 0. The van der Waals surface area contributed by atoms with Gasteiger partial charge in [0, 0.05) is 17.6 Å². The molecule has 2 aliphatic rings. The van der Waals surface area contributed by atoms with Crippen LogP contribution in [-0.4, -0.2) is 6.04 Å². The van der Waals surface area contributed by atoms with Crippen molar-refractivity contribution in [2.45, 2.75) is 24.8 Å². The molecule has 1 heterocycles. The highest BCUT2D eigenvalue weighted by atomic mass is 15.0. The number of hydrogen-bond donors (Lipinski definition) is 1. The monoisotopic (exact) mass is 171 g/mol. The summed E-state index contributed by atoms with van der Waals surface area (Å²) in [6, 6.07) is 9.31. The largest absolute Gasteiger partial charge is 0.381 e. The molecule has 1 aromatic carbocycles. The fraction of sp³-hybridized carbons (Fsp3) is 0.333. The van der Waals surface area contributed by atoms with Gasteiger partial charge in [0.05, 0.1) is 0 Å². The standard InChI is InChI=1S/C12H13N/c1-3-7-11-9(5-1)10-6-2-4-8-12(10)13-11/h1-3,5-7,10,12-13H,4,8H2/t10-,12+/m1/s1. The topological polar surface area (TPSA) is 12.0 Å². The first kappa shape index (κ1) is 7.19. The molecule has 1 heteroatoms. The second-order valence-corrected chi connectivity index (χ2v) is 3.87. The number of benzene rings is 1. The average Bonchev–Trinajstić information content (AvgIpc) is 2.56. The van der Waals surface area contributed by atoms with Gasteiger partial charge in [-0.2, -0.15) is 0 Å². The Labute approximate surface area is 78.5 Å². The van der Waals surface area contributed by atoms with E-state index in [1.807, 2.05) is 0 Å². The number of allylic oxidation sites excluding steroid dienone is 1. The van der Waals surface area contributed by atoms with E-state index in [0.29, 0.717) is 12.0 Å². The maximum absolute atomic E-state index is 3.59. The summed E-state index contributed by atoms with van der Waals surface area (Å²) in [5.74, 6) is 0.630. The summed E-state index contributed by atoms with van der Waals surface area (Å²) < 4.78 is 0. The van der Waals surface area contributed by atoms with Gasteiger partial charge in [-0.1, -0.05) is 30.4 Å². The van der Waals surface area contributed by atoms with Gasteiger partial charge in [-0.15, -0.1) is 0 Å². The van der Waals surface area contributed by atoms with Crippen molar-refractivity contribution >= 4 is 5.69 Å². The Kier molecular flexibility index (Phi) is 1.45. The molecular weight excluding hydrogens is 158 g/mol. The lowest BCUT2D eigenvalue weighted by molar-refractivity contribution is 0.607. The summed E-state index contributed by atoms with van der Waals surface area (Å²) in [6.07, 6.45) is 7.16. The molecule has 1 nitrogen and oxygen atoms in total. The number of hydrogen-bond acceptors (Lipinski definition) is 1. The van der Waals surface area contributed by atoms with Crippen LogP contribution in [-0.2, 0) is 0 Å². The predicted octanol–water partition coefficient (Wildman–Crippen LogP) is 2.91. The van der Waals surface area contributed by atoms with E-state index in [-0.39, 0.29) is 0 Å². The molecule has 0 saturated heterocycles. The van der Waals surface area contributed by atoms with Crippen LogP contribution < -0.4 is 5.32 Å².